The van der Waals surface area contributed by atoms with Crippen LogP contribution in [0.25, 0.3) is 0 Å². The van der Waals surface area contributed by atoms with Crippen LogP contribution in [0.5, 0.6) is 0 Å². The van der Waals surface area contributed by atoms with E-state index in [2.05, 4.69) is 10.6 Å². The molecule has 0 saturated heterocycles. The Labute approximate surface area is 166 Å². The van der Waals surface area contributed by atoms with Crippen molar-refractivity contribution in [2.24, 2.45) is 0 Å². The molecule has 1 aliphatic rings. The molecule has 0 spiro atoms. The van der Waals surface area contributed by atoms with E-state index in [1.807, 2.05) is 61.5 Å². The van der Waals surface area contributed by atoms with Gasteiger partial charge in [0.2, 0.25) is 5.91 Å². The van der Waals surface area contributed by atoms with E-state index in [0.717, 1.165) is 27.4 Å². The third-order valence-electron chi connectivity index (χ3n) is 4.67. The van der Waals surface area contributed by atoms with Crippen molar-refractivity contribution in [1.29, 1.82) is 0 Å². The molecule has 0 radical (unpaired) electrons. The van der Waals surface area contributed by atoms with Crippen LogP contribution in [0.1, 0.15) is 38.7 Å². The van der Waals surface area contributed by atoms with Gasteiger partial charge in [0, 0.05) is 23.0 Å². The third-order valence-corrected chi connectivity index (χ3v) is 6.13. The van der Waals surface area contributed by atoms with Gasteiger partial charge in [0.1, 0.15) is 0 Å². The lowest BCUT2D eigenvalue weighted by Crippen LogP contribution is -2.22. The number of thiophene rings is 1. The summed E-state index contributed by atoms with van der Waals surface area (Å²) in [7, 11) is 0. The van der Waals surface area contributed by atoms with Gasteiger partial charge in [-0.1, -0.05) is 41.9 Å². The number of hydrogen-bond donors (Lipinski definition) is 2. The van der Waals surface area contributed by atoms with Crippen molar-refractivity contribution in [1.82, 2.24) is 0 Å². The zero-order valence-corrected chi connectivity index (χ0v) is 16.2. The number of nitrogens with one attached hydrogen (secondary N) is 2. The van der Waals surface area contributed by atoms with Crippen LogP contribution in [0.15, 0.2) is 54.6 Å². The molecule has 1 atom stereocenters. The van der Waals surface area contributed by atoms with Crippen LogP contribution in [0.2, 0.25) is 5.02 Å². The lowest BCUT2D eigenvalue weighted by Gasteiger charge is -2.24. The Morgan fingerprint density at radius 3 is 2.70 bits per heavy atom. The molecule has 0 bridgehead atoms. The molecule has 4 nitrogen and oxygen atoms in total. The minimum Gasteiger partial charge on any atom is -0.321 e. The van der Waals surface area contributed by atoms with Crippen LogP contribution in [-0.4, -0.2) is 11.8 Å². The standard InChI is InChI=1S/C21H17ClN2O2S/c1-12-18-16(13-6-5-7-14(22)10-13)11-17(25)24-21(18)27-19(12)20(26)23-15-8-3-2-4-9-15/h2-10,16H,11H2,1H3,(H,23,26)(H,24,25)/t16-/m1/s1. The van der Waals surface area contributed by atoms with Crippen molar-refractivity contribution in [2.45, 2.75) is 19.3 Å². The summed E-state index contributed by atoms with van der Waals surface area (Å²) >= 11 is 7.47. The molecule has 0 fully saturated rings. The lowest BCUT2D eigenvalue weighted by molar-refractivity contribution is -0.116. The molecule has 0 unspecified atom stereocenters. The van der Waals surface area contributed by atoms with Crippen molar-refractivity contribution in [3.8, 4) is 0 Å². The predicted octanol–water partition coefficient (Wildman–Crippen LogP) is 5.44. The molecule has 2 N–H and O–H groups in total. The number of hydrogen-bond acceptors (Lipinski definition) is 3. The van der Waals surface area contributed by atoms with Gasteiger partial charge in [-0.3, -0.25) is 9.59 Å². The number of benzene rings is 2. The second-order valence-corrected chi connectivity index (χ2v) is 7.94. The molecule has 136 valence electrons. The highest BCUT2D eigenvalue weighted by molar-refractivity contribution is 7.18. The first-order chi connectivity index (χ1) is 13.0. The largest absolute Gasteiger partial charge is 0.321 e. The second-order valence-electron chi connectivity index (χ2n) is 6.48. The van der Waals surface area contributed by atoms with E-state index >= 15 is 0 Å². The Hall–Kier alpha value is -2.63. The quantitative estimate of drug-likeness (QED) is 0.619. The summed E-state index contributed by atoms with van der Waals surface area (Å²) in [6, 6.07) is 16.9. The first-order valence-corrected chi connectivity index (χ1v) is 9.77. The molecule has 2 aromatic carbocycles. The minimum absolute atomic E-state index is 0.0521. The van der Waals surface area contributed by atoms with Crippen molar-refractivity contribution in [3.63, 3.8) is 0 Å². The maximum absolute atomic E-state index is 12.8. The van der Waals surface area contributed by atoms with Crippen LogP contribution >= 0.6 is 22.9 Å². The second kappa shape index (κ2) is 7.18. The number of carbonyl (C=O) groups excluding carboxylic acids is 2. The Bertz CT molecular complexity index is 1030. The highest BCUT2D eigenvalue weighted by Gasteiger charge is 2.32. The van der Waals surface area contributed by atoms with Gasteiger partial charge in [-0.2, -0.15) is 0 Å². The average molecular weight is 397 g/mol. The molecule has 2 heterocycles. The van der Waals surface area contributed by atoms with Gasteiger partial charge in [0.25, 0.3) is 5.91 Å². The zero-order valence-electron chi connectivity index (χ0n) is 14.6. The molecule has 0 aliphatic carbocycles. The lowest BCUT2D eigenvalue weighted by atomic mass is 9.85. The van der Waals surface area contributed by atoms with Crippen LogP contribution in [0.4, 0.5) is 10.7 Å². The van der Waals surface area contributed by atoms with Gasteiger partial charge in [0.05, 0.1) is 9.88 Å². The van der Waals surface area contributed by atoms with Crippen LogP contribution in [-0.2, 0) is 4.79 Å². The van der Waals surface area contributed by atoms with Crippen molar-refractivity contribution in [2.75, 3.05) is 10.6 Å². The molecule has 2 amide bonds. The van der Waals surface area contributed by atoms with Crippen LogP contribution in [0, 0.1) is 6.92 Å². The molecule has 4 rings (SSSR count). The highest BCUT2D eigenvalue weighted by Crippen LogP contribution is 2.45. The molecule has 3 aromatic rings. The molecule has 6 heteroatoms. The van der Waals surface area contributed by atoms with E-state index < -0.39 is 0 Å². The number of fused-ring (bicyclic) bond motifs is 1. The van der Waals surface area contributed by atoms with Crippen molar-refractivity contribution in [3.05, 3.63) is 81.2 Å². The third kappa shape index (κ3) is 3.48. The maximum atomic E-state index is 12.8. The number of para-hydroxylation sites is 1. The predicted molar refractivity (Wildman–Crippen MR) is 110 cm³/mol. The van der Waals surface area contributed by atoms with Crippen LogP contribution < -0.4 is 10.6 Å². The number of carbonyl (C=O) groups is 2. The van der Waals surface area contributed by atoms with E-state index in [0.29, 0.717) is 16.3 Å². The van der Waals surface area contributed by atoms with E-state index in [1.165, 1.54) is 11.3 Å². The number of rotatable bonds is 3. The fourth-order valence-corrected chi connectivity index (χ4v) is 4.82. The fourth-order valence-electron chi connectivity index (χ4n) is 3.44. The highest BCUT2D eigenvalue weighted by atomic mass is 35.5. The Morgan fingerprint density at radius 2 is 1.96 bits per heavy atom. The molecule has 0 saturated carbocycles. The first kappa shape index (κ1) is 17.8. The van der Waals surface area contributed by atoms with Gasteiger partial charge < -0.3 is 10.6 Å². The van der Waals surface area contributed by atoms with Crippen LogP contribution in [0.3, 0.4) is 0 Å². The van der Waals surface area contributed by atoms with Crippen molar-refractivity contribution < 1.29 is 9.59 Å². The zero-order chi connectivity index (χ0) is 19.0. The summed E-state index contributed by atoms with van der Waals surface area (Å²) in [4.78, 5) is 25.6. The summed E-state index contributed by atoms with van der Waals surface area (Å²) in [6.45, 7) is 1.93. The first-order valence-electron chi connectivity index (χ1n) is 8.58. The van der Waals surface area contributed by atoms with Gasteiger partial charge in [0.15, 0.2) is 0 Å². The van der Waals surface area contributed by atoms with E-state index in [-0.39, 0.29) is 17.7 Å². The Balaban J connectivity index is 1.73. The van der Waals surface area contributed by atoms with E-state index in [1.54, 1.807) is 0 Å². The minimum atomic E-state index is -0.169. The number of amides is 2. The molecular weight excluding hydrogens is 380 g/mol. The van der Waals surface area contributed by atoms with Gasteiger partial charge >= 0.3 is 0 Å². The molecule has 1 aromatic heterocycles. The molecular formula is C21H17ClN2O2S. The molecule has 27 heavy (non-hydrogen) atoms. The Kier molecular flexibility index (Phi) is 4.72. The van der Waals surface area contributed by atoms with Crippen molar-refractivity contribution >= 4 is 45.4 Å². The summed E-state index contributed by atoms with van der Waals surface area (Å²) in [5, 5.41) is 7.22. The monoisotopic (exact) mass is 396 g/mol. The maximum Gasteiger partial charge on any atom is 0.266 e. The average Bonchev–Trinajstić information content (AvgIpc) is 2.98. The summed E-state index contributed by atoms with van der Waals surface area (Å²) in [5.41, 5.74) is 3.62. The Morgan fingerprint density at radius 1 is 1.19 bits per heavy atom. The fraction of sp³-hybridized carbons (Fsp3) is 0.143. The summed E-state index contributed by atoms with van der Waals surface area (Å²) in [6.07, 6.45) is 0.338. The van der Waals surface area contributed by atoms with Gasteiger partial charge in [-0.05, 0) is 47.9 Å². The number of anilines is 2. The van der Waals surface area contributed by atoms with Gasteiger partial charge in [-0.25, -0.2) is 0 Å². The summed E-state index contributed by atoms with van der Waals surface area (Å²) < 4.78 is 0. The smallest absolute Gasteiger partial charge is 0.266 e. The van der Waals surface area contributed by atoms with E-state index in [9.17, 15) is 9.59 Å². The molecule has 1 aliphatic heterocycles. The normalized spacial score (nSPS) is 15.8. The van der Waals surface area contributed by atoms with Gasteiger partial charge in [-0.15, -0.1) is 11.3 Å². The number of halogens is 1. The van der Waals surface area contributed by atoms with E-state index in [4.69, 9.17) is 11.6 Å². The summed E-state index contributed by atoms with van der Waals surface area (Å²) in [5.74, 6) is -0.331. The topological polar surface area (TPSA) is 58.2 Å². The SMILES string of the molecule is Cc1c(C(=O)Nc2ccccc2)sc2c1[C@@H](c1cccc(Cl)c1)CC(=O)N2.